The van der Waals surface area contributed by atoms with Crippen LogP contribution in [0.2, 0.25) is 5.02 Å². The summed E-state index contributed by atoms with van der Waals surface area (Å²) >= 11 is 7.41. The maximum Gasteiger partial charge on any atom is 0.272 e. The lowest BCUT2D eigenvalue weighted by Gasteiger charge is -2.18. The number of nitrogens with one attached hydrogen (secondary N) is 1. The van der Waals surface area contributed by atoms with E-state index in [1.54, 1.807) is 7.11 Å². The second kappa shape index (κ2) is 9.09. The van der Waals surface area contributed by atoms with Crippen molar-refractivity contribution in [2.45, 2.75) is 38.1 Å². The average molecular weight is 396 g/mol. The summed E-state index contributed by atoms with van der Waals surface area (Å²) in [5, 5.41) is 3.60. The predicted octanol–water partition coefficient (Wildman–Crippen LogP) is 4.14. The number of aromatic nitrogens is 2. The number of methoxy groups -OCH3 is 1. The molecular formula is C18H22ClN3O3S. The zero-order valence-corrected chi connectivity index (χ0v) is 16.9. The molecule has 0 fully saturated rings. The number of nitrogens with zero attached hydrogens (tertiary/aromatic N) is 2. The van der Waals surface area contributed by atoms with Crippen LogP contribution in [0.25, 0.3) is 0 Å². The van der Waals surface area contributed by atoms with Gasteiger partial charge in [0.2, 0.25) is 0 Å². The Labute approximate surface area is 162 Å². The molecule has 2 rings (SSSR count). The number of halogens is 1. The van der Waals surface area contributed by atoms with Gasteiger partial charge in [-0.1, -0.05) is 29.4 Å². The number of benzene rings is 1. The smallest absolute Gasteiger partial charge is 0.272 e. The number of carbonyl (C=O) groups is 1. The van der Waals surface area contributed by atoms with Crippen molar-refractivity contribution in [3.05, 3.63) is 40.7 Å². The third-order valence-corrected chi connectivity index (χ3v) is 4.36. The molecular weight excluding hydrogens is 374 g/mol. The first kappa shape index (κ1) is 20.3. The first-order valence-corrected chi connectivity index (χ1v) is 9.68. The molecule has 1 N–H and O–H groups in total. The number of rotatable bonds is 7. The molecule has 1 aromatic heterocycles. The fourth-order valence-corrected chi connectivity index (χ4v) is 2.78. The standard InChI is InChI=1S/C18H22ClN3O3S/c1-10(2)25-14-7-6-12(8-15(14)24-4)11(3)21-17(23)16-13(19)9-20-18(22-16)26-5/h6-11H,1-5H3,(H,21,23). The van der Waals surface area contributed by atoms with Crippen molar-refractivity contribution in [1.82, 2.24) is 15.3 Å². The molecule has 6 nitrogen and oxygen atoms in total. The van der Waals surface area contributed by atoms with E-state index in [4.69, 9.17) is 21.1 Å². The molecule has 2 aromatic rings. The van der Waals surface area contributed by atoms with Gasteiger partial charge in [-0.05, 0) is 44.7 Å². The lowest BCUT2D eigenvalue weighted by atomic mass is 10.1. The minimum atomic E-state index is -0.360. The highest BCUT2D eigenvalue weighted by atomic mass is 35.5. The van der Waals surface area contributed by atoms with Crippen molar-refractivity contribution in [3.63, 3.8) is 0 Å². The number of hydrogen-bond acceptors (Lipinski definition) is 6. The van der Waals surface area contributed by atoms with Crippen LogP contribution in [0.1, 0.15) is 42.9 Å². The Bertz CT molecular complexity index is 786. The van der Waals surface area contributed by atoms with Crippen LogP contribution in [0.3, 0.4) is 0 Å². The van der Waals surface area contributed by atoms with Crippen LogP contribution >= 0.6 is 23.4 Å². The van der Waals surface area contributed by atoms with E-state index in [0.717, 1.165) is 5.56 Å². The van der Waals surface area contributed by atoms with Crippen molar-refractivity contribution in [2.75, 3.05) is 13.4 Å². The van der Waals surface area contributed by atoms with E-state index in [9.17, 15) is 4.79 Å². The van der Waals surface area contributed by atoms with Gasteiger partial charge < -0.3 is 14.8 Å². The zero-order chi connectivity index (χ0) is 19.3. The Morgan fingerprint density at radius 1 is 1.27 bits per heavy atom. The third-order valence-electron chi connectivity index (χ3n) is 3.52. The lowest BCUT2D eigenvalue weighted by molar-refractivity contribution is 0.0934. The minimum Gasteiger partial charge on any atom is -0.493 e. The van der Waals surface area contributed by atoms with E-state index in [0.29, 0.717) is 16.7 Å². The van der Waals surface area contributed by atoms with Gasteiger partial charge in [0.1, 0.15) is 0 Å². The first-order chi connectivity index (χ1) is 12.3. The number of ether oxygens (including phenoxy) is 2. The molecule has 8 heteroatoms. The Morgan fingerprint density at radius 3 is 2.62 bits per heavy atom. The second-order valence-electron chi connectivity index (χ2n) is 5.83. The highest BCUT2D eigenvalue weighted by Crippen LogP contribution is 2.31. The molecule has 1 aromatic carbocycles. The topological polar surface area (TPSA) is 73.3 Å². The van der Waals surface area contributed by atoms with Gasteiger partial charge in [-0.3, -0.25) is 4.79 Å². The van der Waals surface area contributed by atoms with Gasteiger partial charge in [-0.15, -0.1) is 0 Å². The summed E-state index contributed by atoms with van der Waals surface area (Å²) in [5.74, 6) is 0.914. The summed E-state index contributed by atoms with van der Waals surface area (Å²) in [7, 11) is 1.58. The largest absolute Gasteiger partial charge is 0.493 e. The maximum atomic E-state index is 12.5. The van der Waals surface area contributed by atoms with Crippen LogP contribution in [0.5, 0.6) is 11.5 Å². The van der Waals surface area contributed by atoms with Crippen molar-refractivity contribution in [1.29, 1.82) is 0 Å². The van der Waals surface area contributed by atoms with Gasteiger partial charge in [0.05, 0.1) is 30.5 Å². The summed E-state index contributed by atoms with van der Waals surface area (Å²) < 4.78 is 11.1. The fraction of sp³-hybridized carbons (Fsp3) is 0.389. The van der Waals surface area contributed by atoms with Crippen LogP contribution in [0.4, 0.5) is 0 Å². The van der Waals surface area contributed by atoms with E-state index in [1.165, 1.54) is 18.0 Å². The average Bonchev–Trinajstić information content (AvgIpc) is 2.61. The van der Waals surface area contributed by atoms with Gasteiger partial charge in [0, 0.05) is 0 Å². The van der Waals surface area contributed by atoms with Crippen LogP contribution in [-0.4, -0.2) is 35.3 Å². The lowest BCUT2D eigenvalue weighted by Crippen LogP contribution is -2.28. The Kier molecular flexibility index (Phi) is 7.11. The SMILES string of the molecule is COc1cc(C(C)NC(=O)c2nc(SC)ncc2Cl)ccc1OC(C)C. The first-order valence-electron chi connectivity index (χ1n) is 8.07. The van der Waals surface area contributed by atoms with E-state index in [1.807, 2.05) is 45.2 Å². The number of amides is 1. The van der Waals surface area contributed by atoms with Crippen LogP contribution in [-0.2, 0) is 0 Å². The summed E-state index contributed by atoms with van der Waals surface area (Å²) in [6.07, 6.45) is 3.30. The fourth-order valence-electron chi connectivity index (χ4n) is 2.26. The normalized spacial score (nSPS) is 12.0. The van der Waals surface area contributed by atoms with E-state index < -0.39 is 0 Å². The molecule has 0 saturated carbocycles. The van der Waals surface area contributed by atoms with Gasteiger partial charge in [0.25, 0.3) is 5.91 Å². The molecule has 0 saturated heterocycles. The third kappa shape index (κ3) is 5.02. The highest BCUT2D eigenvalue weighted by molar-refractivity contribution is 7.98. The molecule has 0 spiro atoms. The molecule has 0 aliphatic heterocycles. The van der Waals surface area contributed by atoms with E-state index in [-0.39, 0.29) is 28.8 Å². The number of thioether (sulfide) groups is 1. The van der Waals surface area contributed by atoms with Gasteiger partial charge in [-0.2, -0.15) is 0 Å². The van der Waals surface area contributed by atoms with Gasteiger partial charge >= 0.3 is 0 Å². The highest BCUT2D eigenvalue weighted by Gasteiger charge is 2.18. The minimum absolute atomic E-state index is 0.0393. The van der Waals surface area contributed by atoms with E-state index >= 15 is 0 Å². The Balaban J connectivity index is 2.19. The summed E-state index contributed by atoms with van der Waals surface area (Å²) in [6, 6.07) is 5.30. The molecule has 1 amide bonds. The molecule has 26 heavy (non-hydrogen) atoms. The summed E-state index contributed by atoms with van der Waals surface area (Å²) in [4.78, 5) is 20.8. The predicted molar refractivity (Wildman–Crippen MR) is 103 cm³/mol. The quantitative estimate of drug-likeness (QED) is 0.561. The van der Waals surface area contributed by atoms with Crippen molar-refractivity contribution < 1.29 is 14.3 Å². The summed E-state index contributed by atoms with van der Waals surface area (Å²) in [5.41, 5.74) is 1.03. The number of carbonyl (C=O) groups excluding carboxylic acids is 1. The molecule has 0 aliphatic rings. The van der Waals surface area contributed by atoms with Crippen LogP contribution in [0, 0.1) is 0 Å². The van der Waals surface area contributed by atoms with Gasteiger partial charge in [0.15, 0.2) is 22.3 Å². The molecule has 1 atom stereocenters. The van der Waals surface area contributed by atoms with Crippen molar-refractivity contribution in [3.8, 4) is 11.5 Å². The maximum absolute atomic E-state index is 12.5. The van der Waals surface area contributed by atoms with Crippen LogP contribution in [0.15, 0.2) is 29.6 Å². The van der Waals surface area contributed by atoms with Crippen molar-refractivity contribution in [2.24, 2.45) is 0 Å². The zero-order valence-electron chi connectivity index (χ0n) is 15.4. The molecule has 1 unspecified atom stereocenters. The van der Waals surface area contributed by atoms with E-state index in [2.05, 4.69) is 15.3 Å². The molecule has 0 radical (unpaired) electrons. The molecule has 0 aliphatic carbocycles. The van der Waals surface area contributed by atoms with Crippen LogP contribution < -0.4 is 14.8 Å². The van der Waals surface area contributed by atoms with Crippen molar-refractivity contribution >= 4 is 29.3 Å². The number of hydrogen-bond donors (Lipinski definition) is 1. The Morgan fingerprint density at radius 2 is 2.00 bits per heavy atom. The molecule has 1 heterocycles. The second-order valence-corrected chi connectivity index (χ2v) is 7.01. The Hall–Kier alpha value is -1.99. The molecule has 0 bridgehead atoms. The monoisotopic (exact) mass is 395 g/mol. The molecule has 140 valence electrons. The van der Waals surface area contributed by atoms with Gasteiger partial charge in [-0.25, -0.2) is 9.97 Å². The summed E-state index contributed by atoms with van der Waals surface area (Å²) in [6.45, 7) is 5.77.